The van der Waals surface area contributed by atoms with E-state index in [2.05, 4.69) is 4.98 Å². The second-order valence-corrected chi connectivity index (χ2v) is 5.92. The molecule has 0 unspecified atom stereocenters. The molecule has 2 aromatic heterocycles. The van der Waals surface area contributed by atoms with E-state index < -0.39 is 0 Å². The number of aliphatic hydroxyl groups is 1. The molecule has 8 nitrogen and oxygen atoms in total. The first-order chi connectivity index (χ1) is 9.78. The molecular formula is C13H22ClN5O3. The molecule has 0 aliphatic heterocycles. The monoisotopic (exact) mass is 331 g/mol. The van der Waals surface area contributed by atoms with Gasteiger partial charge in [0.25, 0.3) is 5.56 Å². The van der Waals surface area contributed by atoms with E-state index in [1.807, 2.05) is 14.1 Å². The first-order valence-electron chi connectivity index (χ1n) is 6.82. The molecule has 0 fully saturated rings. The fraction of sp³-hybridized carbons (Fsp3) is 0.615. The highest BCUT2D eigenvalue weighted by Gasteiger charge is 2.18. The molecule has 0 radical (unpaired) electrons. The predicted octanol–water partition coefficient (Wildman–Crippen LogP) is -4.49. The Bertz CT molecular complexity index is 774. The predicted molar refractivity (Wildman–Crippen MR) is 79.1 cm³/mol. The lowest BCUT2D eigenvalue weighted by atomic mass is 10.4. The minimum atomic E-state index is -0.380. The van der Waals surface area contributed by atoms with Crippen LogP contribution in [0.5, 0.6) is 0 Å². The van der Waals surface area contributed by atoms with Crippen LogP contribution in [0.2, 0.25) is 0 Å². The zero-order valence-corrected chi connectivity index (χ0v) is 14.0. The van der Waals surface area contributed by atoms with E-state index >= 15 is 0 Å². The van der Waals surface area contributed by atoms with Crippen molar-refractivity contribution in [2.24, 2.45) is 14.1 Å². The fourth-order valence-electron chi connectivity index (χ4n) is 2.33. The quantitative estimate of drug-likeness (QED) is 0.560. The van der Waals surface area contributed by atoms with Crippen molar-refractivity contribution in [3.05, 3.63) is 27.2 Å². The number of rotatable bonds is 5. The number of hydrogen-bond acceptors (Lipinski definition) is 4. The van der Waals surface area contributed by atoms with E-state index in [9.17, 15) is 9.59 Å². The van der Waals surface area contributed by atoms with Gasteiger partial charge in [0.2, 0.25) is 0 Å². The lowest BCUT2D eigenvalue weighted by Gasteiger charge is -2.29. The summed E-state index contributed by atoms with van der Waals surface area (Å²) in [5.74, 6) is 0. The average molecular weight is 332 g/mol. The van der Waals surface area contributed by atoms with Gasteiger partial charge in [0.1, 0.15) is 6.54 Å². The van der Waals surface area contributed by atoms with Gasteiger partial charge in [-0.05, 0) is 0 Å². The molecule has 1 N–H and O–H groups in total. The van der Waals surface area contributed by atoms with Crippen molar-refractivity contribution >= 4 is 11.2 Å². The molecular weight excluding hydrogens is 310 g/mol. The van der Waals surface area contributed by atoms with Crippen molar-refractivity contribution in [3.8, 4) is 0 Å². The maximum absolute atomic E-state index is 12.3. The fourth-order valence-corrected chi connectivity index (χ4v) is 2.33. The molecule has 0 bridgehead atoms. The summed E-state index contributed by atoms with van der Waals surface area (Å²) in [6, 6.07) is 0. The molecule has 0 aliphatic carbocycles. The Morgan fingerprint density at radius 3 is 2.41 bits per heavy atom. The number of likely N-dealkylation sites (N-methyl/N-ethyl adjacent to an activating group) is 1. The van der Waals surface area contributed by atoms with Gasteiger partial charge in [-0.15, -0.1) is 0 Å². The third kappa shape index (κ3) is 3.23. The molecule has 22 heavy (non-hydrogen) atoms. The van der Waals surface area contributed by atoms with Crippen LogP contribution in [-0.4, -0.2) is 62.1 Å². The van der Waals surface area contributed by atoms with Crippen molar-refractivity contribution < 1.29 is 22.0 Å². The van der Waals surface area contributed by atoms with Gasteiger partial charge in [0, 0.05) is 14.1 Å². The third-order valence-electron chi connectivity index (χ3n) is 3.87. The molecule has 0 amide bonds. The van der Waals surface area contributed by atoms with Crippen LogP contribution < -0.4 is 23.7 Å². The summed E-state index contributed by atoms with van der Waals surface area (Å²) < 4.78 is 4.88. The Balaban J connectivity index is 0.00000242. The molecule has 0 atom stereocenters. The van der Waals surface area contributed by atoms with Crippen molar-refractivity contribution in [3.63, 3.8) is 0 Å². The Morgan fingerprint density at radius 2 is 1.82 bits per heavy atom. The lowest BCUT2D eigenvalue weighted by molar-refractivity contribution is -0.891. The van der Waals surface area contributed by atoms with Crippen LogP contribution in [0.15, 0.2) is 15.9 Å². The Labute approximate surface area is 134 Å². The van der Waals surface area contributed by atoms with Gasteiger partial charge in [-0.25, -0.2) is 9.78 Å². The average Bonchev–Trinajstić information content (AvgIpc) is 2.84. The van der Waals surface area contributed by atoms with E-state index in [1.54, 1.807) is 17.9 Å². The maximum Gasteiger partial charge on any atom is 0.332 e. The summed E-state index contributed by atoms with van der Waals surface area (Å²) in [7, 11) is 7.10. The van der Waals surface area contributed by atoms with Gasteiger partial charge >= 0.3 is 5.69 Å². The highest BCUT2D eigenvalue weighted by molar-refractivity contribution is 5.69. The number of aromatic nitrogens is 4. The van der Waals surface area contributed by atoms with Gasteiger partial charge in [0.05, 0.1) is 40.1 Å². The maximum atomic E-state index is 12.3. The smallest absolute Gasteiger partial charge is 0.332 e. The van der Waals surface area contributed by atoms with Crippen molar-refractivity contribution in [1.82, 2.24) is 18.7 Å². The highest BCUT2D eigenvalue weighted by Crippen LogP contribution is 2.07. The molecule has 2 rings (SSSR count). The number of nitrogens with zero attached hydrogens (tertiary/aromatic N) is 5. The van der Waals surface area contributed by atoms with Crippen LogP contribution in [0.3, 0.4) is 0 Å². The summed E-state index contributed by atoms with van der Waals surface area (Å²) in [5.41, 5.74) is 0.117. The van der Waals surface area contributed by atoms with E-state index in [1.165, 1.54) is 11.6 Å². The molecule has 0 aromatic carbocycles. The minimum Gasteiger partial charge on any atom is -1.00 e. The normalized spacial score (nSPS) is 11.7. The van der Waals surface area contributed by atoms with Crippen LogP contribution in [0, 0.1) is 0 Å². The lowest BCUT2D eigenvalue weighted by Crippen LogP contribution is -3.00. The van der Waals surface area contributed by atoms with Crippen LogP contribution in [0.1, 0.15) is 0 Å². The van der Waals surface area contributed by atoms with Crippen LogP contribution >= 0.6 is 0 Å². The Kier molecular flexibility index (Phi) is 5.55. The number of fused-ring (bicyclic) bond motifs is 1. The number of aliphatic hydroxyl groups excluding tert-OH is 1. The Hall–Kier alpha value is -1.64. The summed E-state index contributed by atoms with van der Waals surface area (Å²) in [5, 5.41) is 9.05. The molecule has 0 saturated carbocycles. The second kappa shape index (κ2) is 6.64. The number of halogens is 1. The molecule has 124 valence electrons. The van der Waals surface area contributed by atoms with Gasteiger partial charge < -0.3 is 26.6 Å². The number of imidazole rings is 1. The van der Waals surface area contributed by atoms with Crippen LogP contribution in [-0.2, 0) is 20.6 Å². The second-order valence-electron chi connectivity index (χ2n) is 5.92. The number of aryl methyl sites for hydroxylation is 1. The topological polar surface area (TPSA) is 82.0 Å². The molecule has 0 aliphatic rings. The first-order valence-corrected chi connectivity index (χ1v) is 6.82. The van der Waals surface area contributed by atoms with Crippen LogP contribution in [0.4, 0.5) is 0 Å². The molecule has 9 heteroatoms. The summed E-state index contributed by atoms with van der Waals surface area (Å²) in [4.78, 5) is 28.3. The van der Waals surface area contributed by atoms with E-state index in [0.29, 0.717) is 28.7 Å². The molecule has 2 heterocycles. The summed E-state index contributed by atoms with van der Waals surface area (Å²) in [6.45, 7) is 2.10. The molecule has 2 aromatic rings. The highest BCUT2D eigenvalue weighted by atomic mass is 35.5. The first kappa shape index (κ1) is 18.4. The van der Waals surface area contributed by atoms with Gasteiger partial charge in [-0.3, -0.25) is 13.9 Å². The van der Waals surface area contributed by atoms with Gasteiger partial charge in [-0.2, -0.15) is 0 Å². The van der Waals surface area contributed by atoms with Crippen molar-refractivity contribution in [2.75, 3.05) is 33.8 Å². The van der Waals surface area contributed by atoms with E-state index in [-0.39, 0.29) is 30.3 Å². The largest absolute Gasteiger partial charge is 1.00 e. The summed E-state index contributed by atoms with van der Waals surface area (Å²) in [6.07, 6.45) is 1.59. The van der Waals surface area contributed by atoms with E-state index in [0.717, 1.165) is 11.1 Å². The third-order valence-corrected chi connectivity index (χ3v) is 3.87. The van der Waals surface area contributed by atoms with Crippen LogP contribution in [0.25, 0.3) is 11.2 Å². The molecule has 0 spiro atoms. The molecule has 0 saturated heterocycles. The van der Waals surface area contributed by atoms with Crippen molar-refractivity contribution in [1.29, 1.82) is 0 Å². The zero-order valence-electron chi connectivity index (χ0n) is 13.3. The number of hydrogen-bond donors (Lipinski definition) is 1. The van der Waals surface area contributed by atoms with Gasteiger partial charge in [0.15, 0.2) is 11.2 Å². The van der Waals surface area contributed by atoms with E-state index in [4.69, 9.17) is 5.11 Å². The minimum absolute atomic E-state index is 0. The van der Waals surface area contributed by atoms with Gasteiger partial charge in [-0.1, -0.05) is 0 Å². The summed E-state index contributed by atoms with van der Waals surface area (Å²) >= 11 is 0. The standard InChI is InChI=1S/C13H22N5O3.ClH/c1-15-11-10(12(20)16(2)13(15)21)17(9-14-11)5-6-18(3,4)7-8-19;/h9,19H,5-8H2,1-4H3;1H/q+1;/p-1. The number of quaternary nitrogens is 1. The van der Waals surface area contributed by atoms with Crippen molar-refractivity contribution in [2.45, 2.75) is 6.54 Å². The SMILES string of the molecule is Cn1c(=O)c2c(ncn2CC[N+](C)(C)CCO)n(C)c1=O.[Cl-]. The zero-order chi connectivity index (χ0) is 15.8. The Morgan fingerprint density at radius 1 is 1.18 bits per heavy atom.